The fraction of sp³-hybridized carbons (Fsp3) is 0.600. The zero-order chi connectivity index (χ0) is 14.4. The van der Waals surface area contributed by atoms with Crippen LogP contribution in [0.3, 0.4) is 0 Å². The van der Waals surface area contributed by atoms with Crippen LogP contribution in [0, 0.1) is 0 Å². The Morgan fingerprint density at radius 2 is 2.40 bits per heavy atom. The number of likely N-dealkylation sites (tertiary alicyclic amines) is 1. The number of aliphatic hydroxyl groups excluding tert-OH is 1. The molecule has 1 aromatic rings. The fourth-order valence-corrected chi connectivity index (χ4v) is 2.84. The maximum Gasteiger partial charge on any atom is 0.120 e. The fourth-order valence-electron chi connectivity index (χ4n) is 2.46. The van der Waals surface area contributed by atoms with Gasteiger partial charge in [0.2, 0.25) is 0 Å². The Labute approximate surface area is 129 Å². The van der Waals surface area contributed by atoms with E-state index in [2.05, 4.69) is 33.2 Å². The van der Waals surface area contributed by atoms with Crippen molar-refractivity contribution in [2.75, 3.05) is 33.3 Å². The number of aliphatic hydroxyl groups is 1. The Balaban J connectivity index is 1.61. The van der Waals surface area contributed by atoms with Crippen LogP contribution in [0.4, 0.5) is 0 Å². The summed E-state index contributed by atoms with van der Waals surface area (Å²) >= 11 is 3.39. The Kier molecular flexibility index (Phi) is 6.29. The first-order valence-corrected chi connectivity index (χ1v) is 7.92. The summed E-state index contributed by atoms with van der Waals surface area (Å²) in [5.74, 6) is 0.772. The van der Waals surface area contributed by atoms with Crippen molar-refractivity contribution in [2.24, 2.45) is 0 Å². The molecule has 0 spiro atoms. The van der Waals surface area contributed by atoms with Crippen molar-refractivity contribution in [3.8, 4) is 5.75 Å². The lowest BCUT2D eigenvalue weighted by Crippen LogP contribution is -2.39. The van der Waals surface area contributed by atoms with Crippen molar-refractivity contribution < 1.29 is 9.84 Å². The molecule has 1 aliphatic rings. The van der Waals surface area contributed by atoms with Crippen LogP contribution in [0.15, 0.2) is 28.7 Å². The smallest absolute Gasteiger partial charge is 0.120 e. The second kappa shape index (κ2) is 7.98. The molecule has 2 rings (SSSR count). The maximum atomic E-state index is 9.91. The lowest BCUT2D eigenvalue weighted by Gasteiger charge is -2.21. The highest BCUT2D eigenvalue weighted by atomic mass is 79.9. The van der Waals surface area contributed by atoms with E-state index >= 15 is 0 Å². The molecular formula is C15H23BrN2O2. The zero-order valence-corrected chi connectivity index (χ0v) is 13.5. The Hall–Kier alpha value is -0.620. The molecule has 112 valence electrons. The first kappa shape index (κ1) is 15.8. The summed E-state index contributed by atoms with van der Waals surface area (Å²) in [6.45, 7) is 2.99. The van der Waals surface area contributed by atoms with E-state index in [1.54, 1.807) is 0 Å². The Morgan fingerprint density at radius 3 is 3.10 bits per heavy atom. The molecule has 1 aliphatic heterocycles. The third kappa shape index (κ3) is 5.05. The minimum atomic E-state index is -0.485. The number of hydrogen-bond acceptors (Lipinski definition) is 4. The predicted octanol–water partition coefficient (Wildman–Crippen LogP) is 1.87. The topological polar surface area (TPSA) is 44.7 Å². The van der Waals surface area contributed by atoms with Crippen LogP contribution in [0.5, 0.6) is 5.75 Å². The lowest BCUT2D eigenvalue weighted by atomic mass is 10.2. The van der Waals surface area contributed by atoms with Gasteiger partial charge in [-0.25, -0.2) is 0 Å². The molecule has 0 radical (unpaired) electrons. The number of ether oxygens (including phenoxy) is 1. The van der Waals surface area contributed by atoms with E-state index in [4.69, 9.17) is 4.74 Å². The number of hydrogen-bond donors (Lipinski definition) is 2. The molecule has 5 heteroatoms. The van der Waals surface area contributed by atoms with E-state index in [1.807, 2.05) is 24.3 Å². The number of halogens is 1. The molecule has 2 N–H and O–H groups in total. The minimum Gasteiger partial charge on any atom is -0.491 e. The van der Waals surface area contributed by atoms with Crippen LogP contribution in [0.1, 0.15) is 12.8 Å². The summed E-state index contributed by atoms with van der Waals surface area (Å²) in [6.07, 6.45) is 2.03. The highest BCUT2D eigenvalue weighted by Crippen LogP contribution is 2.17. The largest absolute Gasteiger partial charge is 0.491 e. The quantitative estimate of drug-likeness (QED) is 0.794. The van der Waals surface area contributed by atoms with Crippen molar-refractivity contribution in [2.45, 2.75) is 25.0 Å². The van der Waals surface area contributed by atoms with Crippen LogP contribution < -0.4 is 10.1 Å². The van der Waals surface area contributed by atoms with Crippen molar-refractivity contribution in [3.05, 3.63) is 28.7 Å². The van der Waals surface area contributed by atoms with E-state index in [-0.39, 0.29) is 0 Å². The Morgan fingerprint density at radius 1 is 1.55 bits per heavy atom. The molecule has 4 nitrogen and oxygen atoms in total. The van der Waals surface area contributed by atoms with Crippen LogP contribution in [0.2, 0.25) is 0 Å². The normalized spacial score (nSPS) is 21.1. The number of likely N-dealkylation sites (N-methyl/N-ethyl adjacent to an activating group) is 1. The van der Waals surface area contributed by atoms with Crippen LogP contribution in [-0.4, -0.2) is 55.4 Å². The molecule has 1 aromatic carbocycles. The number of benzene rings is 1. The second-order valence-electron chi connectivity index (χ2n) is 5.36. The van der Waals surface area contributed by atoms with Gasteiger partial charge in [-0.15, -0.1) is 0 Å². The van der Waals surface area contributed by atoms with Crippen molar-refractivity contribution in [1.29, 1.82) is 0 Å². The molecular weight excluding hydrogens is 320 g/mol. The molecule has 20 heavy (non-hydrogen) atoms. The van der Waals surface area contributed by atoms with Crippen LogP contribution in [-0.2, 0) is 0 Å². The predicted molar refractivity (Wildman–Crippen MR) is 84.2 cm³/mol. The van der Waals surface area contributed by atoms with Gasteiger partial charge in [0.05, 0.1) is 0 Å². The SMILES string of the molecule is CN1CCCC1CNCC(O)COc1cccc(Br)c1. The molecule has 1 heterocycles. The maximum absolute atomic E-state index is 9.91. The van der Waals surface area contributed by atoms with Crippen molar-refractivity contribution >= 4 is 15.9 Å². The average Bonchev–Trinajstić information content (AvgIpc) is 2.82. The number of nitrogens with zero attached hydrogens (tertiary/aromatic N) is 1. The highest BCUT2D eigenvalue weighted by Gasteiger charge is 2.20. The monoisotopic (exact) mass is 342 g/mol. The van der Waals surface area contributed by atoms with E-state index in [0.29, 0.717) is 19.2 Å². The van der Waals surface area contributed by atoms with Gasteiger partial charge in [-0.1, -0.05) is 22.0 Å². The summed E-state index contributed by atoms with van der Waals surface area (Å²) in [4.78, 5) is 2.37. The summed E-state index contributed by atoms with van der Waals surface area (Å²) in [5.41, 5.74) is 0. The summed E-state index contributed by atoms with van der Waals surface area (Å²) in [7, 11) is 2.16. The summed E-state index contributed by atoms with van der Waals surface area (Å²) in [6, 6.07) is 8.25. The van der Waals surface area contributed by atoms with Crippen molar-refractivity contribution in [3.63, 3.8) is 0 Å². The molecule has 2 unspecified atom stereocenters. The first-order valence-electron chi connectivity index (χ1n) is 7.12. The van der Waals surface area contributed by atoms with Gasteiger partial charge in [0.1, 0.15) is 18.5 Å². The third-order valence-electron chi connectivity index (χ3n) is 3.67. The van der Waals surface area contributed by atoms with Gasteiger partial charge in [0, 0.05) is 23.6 Å². The minimum absolute atomic E-state index is 0.309. The molecule has 0 bridgehead atoms. The molecule has 2 atom stereocenters. The van der Waals surface area contributed by atoms with Crippen LogP contribution in [0.25, 0.3) is 0 Å². The van der Waals surface area contributed by atoms with Crippen molar-refractivity contribution in [1.82, 2.24) is 10.2 Å². The van der Waals surface area contributed by atoms with Crippen LogP contribution >= 0.6 is 15.9 Å². The molecule has 0 aliphatic carbocycles. The second-order valence-corrected chi connectivity index (χ2v) is 6.27. The first-order chi connectivity index (χ1) is 9.65. The highest BCUT2D eigenvalue weighted by molar-refractivity contribution is 9.10. The summed E-state index contributed by atoms with van der Waals surface area (Å²) in [5, 5.41) is 13.2. The van der Waals surface area contributed by atoms with Gasteiger partial charge in [0.25, 0.3) is 0 Å². The third-order valence-corrected chi connectivity index (χ3v) is 4.16. The standard InChI is InChI=1S/C15H23BrN2O2/c1-18-7-3-5-13(18)9-17-10-14(19)11-20-15-6-2-4-12(16)8-15/h2,4,6,8,13-14,17,19H,3,5,7,9-11H2,1H3. The average molecular weight is 343 g/mol. The number of nitrogens with one attached hydrogen (secondary N) is 1. The van der Waals surface area contributed by atoms with Gasteiger partial charge >= 0.3 is 0 Å². The molecule has 0 aromatic heterocycles. The van der Waals surface area contributed by atoms with E-state index in [0.717, 1.165) is 16.8 Å². The van der Waals surface area contributed by atoms with E-state index in [9.17, 15) is 5.11 Å². The zero-order valence-electron chi connectivity index (χ0n) is 11.9. The molecule has 0 amide bonds. The van der Waals surface area contributed by atoms with Gasteiger partial charge in [-0.3, -0.25) is 0 Å². The summed E-state index contributed by atoms with van der Waals surface area (Å²) < 4.78 is 6.54. The molecule has 0 saturated carbocycles. The molecule has 1 fully saturated rings. The number of rotatable bonds is 7. The van der Waals surface area contributed by atoms with E-state index in [1.165, 1.54) is 19.4 Å². The van der Waals surface area contributed by atoms with Gasteiger partial charge in [-0.2, -0.15) is 0 Å². The lowest BCUT2D eigenvalue weighted by molar-refractivity contribution is 0.105. The van der Waals surface area contributed by atoms with Gasteiger partial charge in [-0.05, 0) is 44.6 Å². The van der Waals surface area contributed by atoms with Gasteiger partial charge < -0.3 is 20.1 Å². The Bertz CT molecular complexity index is 417. The van der Waals surface area contributed by atoms with E-state index < -0.39 is 6.10 Å². The van der Waals surface area contributed by atoms with Gasteiger partial charge in [0.15, 0.2) is 0 Å². The molecule has 1 saturated heterocycles.